The summed E-state index contributed by atoms with van der Waals surface area (Å²) < 4.78 is 27.6. The normalized spacial score (nSPS) is 13.1. The van der Waals surface area contributed by atoms with Gasteiger partial charge in [-0.1, -0.05) is 29.8 Å². The highest BCUT2D eigenvalue weighted by Gasteiger charge is 2.13. The molecule has 2 aromatic carbocycles. The second kappa shape index (κ2) is 9.05. The Morgan fingerprint density at radius 2 is 1.81 bits per heavy atom. The molecule has 2 heterocycles. The van der Waals surface area contributed by atoms with Crippen LogP contribution in [0.25, 0.3) is 22.0 Å². The van der Waals surface area contributed by atoms with Crippen molar-refractivity contribution in [3.8, 4) is 11.1 Å². The summed E-state index contributed by atoms with van der Waals surface area (Å²) in [4.78, 5) is 13.0. The van der Waals surface area contributed by atoms with E-state index in [2.05, 4.69) is 25.0 Å². The molecule has 0 saturated carbocycles. The Morgan fingerprint density at radius 3 is 2.55 bits per heavy atom. The van der Waals surface area contributed by atoms with Crippen molar-refractivity contribution in [1.29, 1.82) is 0 Å². The third-order valence-corrected chi connectivity index (χ3v) is 5.59. The molecule has 0 bridgehead atoms. The van der Waals surface area contributed by atoms with Gasteiger partial charge in [-0.05, 0) is 48.4 Å². The summed E-state index contributed by atoms with van der Waals surface area (Å²) in [5.74, 6) is 0.393. The standard InChI is InChI=1S/C22H19ClFN5OS/c1-13(14-3-6-17(24)7-4-14)28-22-18-9-15(5-8-19(18)26-12-27-22)16-10-20(29-31(2)30)21(23)25-11-16/h3-13,29H,1-2H3,(H,26,27,28)/t13-,31?/m0/s1. The van der Waals surface area contributed by atoms with Crippen molar-refractivity contribution in [2.24, 2.45) is 0 Å². The molecule has 4 aromatic rings. The molecule has 0 spiro atoms. The summed E-state index contributed by atoms with van der Waals surface area (Å²) in [6.45, 7) is 1.98. The van der Waals surface area contributed by atoms with Crippen LogP contribution in [-0.4, -0.2) is 25.8 Å². The lowest BCUT2D eigenvalue weighted by molar-refractivity contribution is 0.605. The largest absolute Gasteiger partial charge is 0.593 e. The first-order valence-electron chi connectivity index (χ1n) is 9.43. The minimum absolute atomic E-state index is 0.0881. The van der Waals surface area contributed by atoms with Crippen LogP contribution in [0.5, 0.6) is 0 Å². The molecule has 0 aliphatic rings. The molecule has 0 saturated heterocycles. The van der Waals surface area contributed by atoms with Gasteiger partial charge in [-0.15, -0.1) is 0 Å². The van der Waals surface area contributed by atoms with Crippen LogP contribution in [0.4, 0.5) is 15.9 Å². The number of hydrogen-bond donors (Lipinski definition) is 2. The summed E-state index contributed by atoms with van der Waals surface area (Å²) >= 11 is 4.84. The smallest absolute Gasteiger partial charge is 0.156 e. The van der Waals surface area contributed by atoms with Gasteiger partial charge in [0.15, 0.2) is 5.15 Å². The van der Waals surface area contributed by atoms with Crippen molar-refractivity contribution >= 4 is 45.4 Å². The first kappa shape index (κ1) is 21.3. The fourth-order valence-corrected chi connectivity index (χ4v) is 3.90. The zero-order chi connectivity index (χ0) is 22.0. The highest BCUT2D eigenvalue weighted by atomic mass is 35.5. The van der Waals surface area contributed by atoms with Gasteiger partial charge in [0.25, 0.3) is 0 Å². The molecule has 2 aromatic heterocycles. The Balaban J connectivity index is 1.70. The van der Waals surface area contributed by atoms with Crippen LogP contribution in [0, 0.1) is 5.82 Å². The molecule has 2 atom stereocenters. The Labute approximate surface area is 187 Å². The van der Waals surface area contributed by atoms with Crippen LogP contribution in [0.3, 0.4) is 0 Å². The molecule has 1 unspecified atom stereocenters. The third kappa shape index (κ3) is 4.87. The second-order valence-corrected chi connectivity index (χ2v) is 8.46. The lowest BCUT2D eigenvalue weighted by Crippen LogP contribution is -2.10. The number of fused-ring (bicyclic) bond motifs is 1. The molecule has 2 N–H and O–H groups in total. The quantitative estimate of drug-likeness (QED) is 0.300. The van der Waals surface area contributed by atoms with E-state index >= 15 is 0 Å². The average molecular weight is 456 g/mol. The number of halogens is 2. The summed E-state index contributed by atoms with van der Waals surface area (Å²) in [7, 11) is 0. The molecule has 158 valence electrons. The van der Waals surface area contributed by atoms with E-state index in [1.165, 1.54) is 24.7 Å². The van der Waals surface area contributed by atoms with E-state index < -0.39 is 11.4 Å². The number of nitrogens with one attached hydrogen (secondary N) is 2. The van der Waals surface area contributed by atoms with Crippen LogP contribution < -0.4 is 10.0 Å². The van der Waals surface area contributed by atoms with Gasteiger partial charge in [-0.3, -0.25) is 0 Å². The highest BCUT2D eigenvalue weighted by molar-refractivity contribution is 7.92. The van der Waals surface area contributed by atoms with Crippen LogP contribution in [0.15, 0.2) is 61.1 Å². The van der Waals surface area contributed by atoms with Gasteiger partial charge in [-0.25, -0.2) is 24.1 Å². The Bertz CT molecular complexity index is 1220. The first-order chi connectivity index (χ1) is 14.9. The number of anilines is 2. The average Bonchev–Trinajstić information content (AvgIpc) is 2.75. The number of rotatable bonds is 6. The van der Waals surface area contributed by atoms with Gasteiger partial charge >= 0.3 is 0 Å². The summed E-state index contributed by atoms with van der Waals surface area (Å²) in [5.41, 5.74) is 3.90. The first-order valence-corrected chi connectivity index (χ1v) is 11.4. The third-order valence-electron chi connectivity index (χ3n) is 4.78. The Morgan fingerprint density at radius 1 is 1.03 bits per heavy atom. The molecule has 0 aliphatic carbocycles. The molecule has 0 radical (unpaired) electrons. The lowest BCUT2D eigenvalue weighted by atomic mass is 10.0. The summed E-state index contributed by atoms with van der Waals surface area (Å²) in [5, 5.41) is 4.46. The summed E-state index contributed by atoms with van der Waals surface area (Å²) in [6, 6.07) is 13.9. The van der Waals surface area contributed by atoms with E-state index in [-0.39, 0.29) is 17.0 Å². The van der Waals surface area contributed by atoms with Crippen LogP contribution >= 0.6 is 11.6 Å². The molecule has 0 amide bonds. The molecule has 0 fully saturated rings. The number of hydrogen-bond acceptors (Lipinski definition) is 6. The van der Waals surface area contributed by atoms with Gasteiger partial charge < -0.3 is 9.87 Å². The molecular formula is C22H19ClFN5OS. The maximum atomic E-state index is 13.2. The number of pyridine rings is 1. The molecular weight excluding hydrogens is 437 g/mol. The van der Waals surface area contributed by atoms with Crippen LogP contribution in [-0.2, 0) is 11.4 Å². The summed E-state index contributed by atoms with van der Waals surface area (Å²) in [6.07, 6.45) is 4.69. The Hall–Kier alpha value is -2.94. The topological polar surface area (TPSA) is 85.8 Å². The molecule has 9 heteroatoms. The van der Waals surface area contributed by atoms with E-state index in [4.69, 9.17) is 11.6 Å². The molecule has 31 heavy (non-hydrogen) atoms. The predicted octanol–water partition coefficient (Wildman–Crippen LogP) is 5.36. The Kier molecular flexibility index (Phi) is 6.22. The molecule has 4 rings (SSSR count). The minimum atomic E-state index is -1.27. The maximum absolute atomic E-state index is 13.2. The SMILES string of the molecule is C[C@H](Nc1ncnc2ccc(-c3cnc(Cl)c(N[S+](C)[O-])c3)cc12)c1ccc(F)cc1. The zero-order valence-electron chi connectivity index (χ0n) is 16.8. The number of benzene rings is 2. The molecule has 0 aliphatic heterocycles. The maximum Gasteiger partial charge on any atom is 0.156 e. The van der Waals surface area contributed by atoms with Crippen molar-refractivity contribution in [2.75, 3.05) is 16.3 Å². The van der Waals surface area contributed by atoms with E-state index in [1.807, 2.05) is 25.1 Å². The fraction of sp³-hybridized carbons (Fsp3) is 0.136. The van der Waals surface area contributed by atoms with Crippen LogP contribution in [0.2, 0.25) is 5.15 Å². The van der Waals surface area contributed by atoms with Crippen molar-refractivity contribution in [3.05, 3.63) is 77.6 Å². The van der Waals surface area contributed by atoms with Gasteiger partial charge in [0, 0.05) is 23.2 Å². The minimum Gasteiger partial charge on any atom is -0.593 e. The fourth-order valence-electron chi connectivity index (χ4n) is 3.22. The highest BCUT2D eigenvalue weighted by Crippen LogP contribution is 2.31. The zero-order valence-corrected chi connectivity index (χ0v) is 18.3. The number of nitrogens with zero attached hydrogens (tertiary/aromatic N) is 3. The molecule has 6 nitrogen and oxygen atoms in total. The van der Waals surface area contributed by atoms with Gasteiger partial charge in [0.2, 0.25) is 0 Å². The monoisotopic (exact) mass is 455 g/mol. The van der Waals surface area contributed by atoms with E-state index in [0.717, 1.165) is 27.6 Å². The van der Waals surface area contributed by atoms with Gasteiger partial charge in [0.05, 0.1) is 16.9 Å². The van der Waals surface area contributed by atoms with Gasteiger partial charge in [0.1, 0.15) is 29.9 Å². The lowest BCUT2D eigenvalue weighted by Gasteiger charge is -2.16. The van der Waals surface area contributed by atoms with Crippen LogP contribution in [0.1, 0.15) is 18.5 Å². The number of aromatic nitrogens is 3. The van der Waals surface area contributed by atoms with Crippen molar-refractivity contribution < 1.29 is 8.94 Å². The van der Waals surface area contributed by atoms with Crippen molar-refractivity contribution in [1.82, 2.24) is 15.0 Å². The van der Waals surface area contributed by atoms with Crippen molar-refractivity contribution in [2.45, 2.75) is 13.0 Å². The van der Waals surface area contributed by atoms with E-state index in [9.17, 15) is 8.94 Å². The van der Waals surface area contributed by atoms with Crippen molar-refractivity contribution in [3.63, 3.8) is 0 Å². The van der Waals surface area contributed by atoms with E-state index in [1.54, 1.807) is 24.4 Å². The van der Waals surface area contributed by atoms with E-state index in [0.29, 0.717) is 11.5 Å². The predicted molar refractivity (Wildman–Crippen MR) is 124 cm³/mol. The van der Waals surface area contributed by atoms with Gasteiger partial charge in [-0.2, -0.15) is 0 Å². The second-order valence-electron chi connectivity index (χ2n) is 6.99.